The van der Waals surface area contributed by atoms with Gasteiger partial charge in [0.1, 0.15) is 0 Å². The molecular formula is C22H25N5O. The lowest BCUT2D eigenvalue weighted by Crippen LogP contribution is -2.49. The lowest BCUT2D eigenvalue weighted by Gasteiger charge is -2.36. The minimum Gasteiger partial charge on any atom is -0.365 e. The van der Waals surface area contributed by atoms with E-state index in [0.717, 1.165) is 47.1 Å². The van der Waals surface area contributed by atoms with E-state index in [-0.39, 0.29) is 5.91 Å². The van der Waals surface area contributed by atoms with Crippen LogP contribution >= 0.6 is 0 Å². The Labute approximate surface area is 165 Å². The molecule has 4 rings (SSSR count). The Morgan fingerprint density at radius 3 is 2.29 bits per heavy atom. The summed E-state index contributed by atoms with van der Waals surface area (Å²) in [6.07, 6.45) is 1.78. The number of benzene rings is 1. The number of anilines is 1. The van der Waals surface area contributed by atoms with Gasteiger partial charge in [-0.05, 0) is 45.0 Å². The van der Waals surface area contributed by atoms with Crippen molar-refractivity contribution >= 4 is 11.6 Å². The average Bonchev–Trinajstić information content (AvgIpc) is 3.03. The molecule has 0 aliphatic carbocycles. The average molecular weight is 375 g/mol. The van der Waals surface area contributed by atoms with Crippen LogP contribution < -0.4 is 4.90 Å². The SMILES string of the molecule is Cc1ccc(C(=O)N2CCN(c3c(C)nn(-c4ccccn4)c3C)CC2)cc1. The molecule has 144 valence electrons. The lowest BCUT2D eigenvalue weighted by molar-refractivity contribution is 0.0747. The molecule has 0 saturated carbocycles. The maximum absolute atomic E-state index is 12.8. The number of pyridine rings is 1. The zero-order chi connectivity index (χ0) is 19.7. The zero-order valence-corrected chi connectivity index (χ0v) is 16.6. The normalized spacial score (nSPS) is 14.4. The number of aromatic nitrogens is 3. The number of carbonyl (C=O) groups is 1. The van der Waals surface area contributed by atoms with Crippen LogP contribution in [0.3, 0.4) is 0 Å². The zero-order valence-electron chi connectivity index (χ0n) is 16.6. The monoisotopic (exact) mass is 375 g/mol. The predicted octanol–water partition coefficient (Wildman–Crippen LogP) is 3.15. The highest BCUT2D eigenvalue weighted by Gasteiger charge is 2.26. The summed E-state index contributed by atoms with van der Waals surface area (Å²) in [6, 6.07) is 13.6. The molecule has 3 heterocycles. The van der Waals surface area contributed by atoms with Crippen molar-refractivity contribution in [2.75, 3.05) is 31.1 Å². The lowest BCUT2D eigenvalue weighted by atomic mass is 10.1. The Morgan fingerprint density at radius 2 is 1.64 bits per heavy atom. The Hall–Kier alpha value is -3.15. The predicted molar refractivity (Wildman–Crippen MR) is 110 cm³/mol. The molecule has 0 N–H and O–H groups in total. The minimum absolute atomic E-state index is 0.109. The van der Waals surface area contributed by atoms with Crippen LogP contribution in [0.25, 0.3) is 5.82 Å². The van der Waals surface area contributed by atoms with Gasteiger partial charge in [-0.1, -0.05) is 23.8 Å². The van der Waals surface area contributed by atoms with Crippen LogP contribution in [0.5, 0.6) is 0 Å². The van der Waals surface area contributed by atoms with E-state index in [0.29, 0.717) is 13.1 Å². The van der Waals surface area contributed by atoms with Gasteiger partial charge in [0.15, 0.2) is 5.82 Å². The molecule has 0 bridgehead atoms. The first kappa shape index (κ1) is 18.2. The summed E-state index contributed by atoms with van der Waals surface area (Å²) in [4.78, 5) is 21.4. The van der Waals surface area contributed by atoms with E-state index in [9.17, 15) is 4.79 Å². The summed E-state index contributed by atoms with van der Waals surface area (Å²) in [5.41, 5.74) is 5.13. The van der Waals surface area contributed by atoms with Crippen molar-refractivity contribution in [3.05, 3.63) is 71.2 Å². The van der Waals surface area contributed by atoms with Gasteiger partial charge in [0.25, 0.3) is 5.91 Å². The summed E-state index contributed by atoms with van der Waals surface area (Å²) < 4.78 is 1.90. The third kappa shape index (κ3) is 3.38. The minimum atomic E-state index is 0.109. The Kier molecular flexibility index (Phi) is 4.86. The second kappa shape index (κ2) is 7.46. The van der Waals surface area contributed by atoms with E-state index in [1.54, 1.807) is 6.20 Å². The first-order chi connectivity index (χ1) is 13.5. The Balaban J connectivity index is 1.49. The number of piperazine rings is 1. The number of carbonyl (C=O) groups excluding carboxylic acids is 1. The number of hydrogen-bond acceptors (Lipinski definition) is 4. The molecule has 6 nitrogen and oxygen atoms in total. The highest BCUT2D eigenvalue weighted by molar-refractivity contribution is 5.94. The van der Waals surface area contributed by atoms with E-state index < -0.39 is 0 Å². The molecule has 1 aliphatic heterocycles. The number of amides is 1. The molecule has 0 unspecified atom stereocenters. The van der Waals surface area contributed by atoms with Crippen molar-refractivity contribution in [1.82, 2.24) is 19.7 Å². The highest BCUT2D eigenvalue weighted by Crippen LogP contribution is 2.27. The molecule has 1 aromatic carbocycles. The third-order valence-electron chi connectivity index (χ3n) is 5.30. The molecule has 0 spiro atoms. The van der Waals surface area contributed by atoms with Crippen molar-refractivity contribution in [1.29, 1.82) is 0 Å². The standard InChI is InChI=1S/C22H25N5O/c1-16-7-9-19(10-8-16)22(28)26-14-12-25(13-15-26)21-17(2)24-27(18(21)3)20-6-4-5-11-23-20/h4-11H,12-15H2,1-3H3. The Bertz CT molecular complexity index is 970. The van der Waals surface area contributed by atoms with E-state index in [2.05, 4.69) is 16.8 Å². The van der Waals surface area contributed by atoms with Gasteiger partial charge in [-0.15, -0.1) is 0 Å². The fraction of sp³-hybridized carbons (Fsp3) is 0.318. The largest absolute Gasteiger partial charge is 0.365 e. The molecule has 0 atom stereocenters. The van der Waals surface area contributed by atoms with Crippen LogP contribution in [0.4, 0.5) is 5.69 Å². The van der Waals surface area contributed by atoms with Gasteiger partial charge in [-0.25, -0.2) is 9.67 Å². The maximum Gasteiger partial charge on any atom is 0.253 e. The van der Waals surface area contributed by atoms with Gasteiger partial charge < -0.3 is 9.80 Å². The van der Waals surface area contributed by atoms with Gasteiger partial charge in [0.2, 0.25) is 0 Å². The molecule has 0 radical (unpaired) electrons. The third-order valence-corrected chi connectivity index (χ3v) is 5.30. The van der Waals surface area contributed by atoms with Crippen molar-refractivity contribution < 1.29 is 4.79 Å². The van der Waals surface area contributed by atoms with Crippen LogP contribution in [0.15, 0.2) is 48.7 Å². The number of hydrogen-bond donors (Lipinski definition) is 0. The van der Waals surface area contributed by atoms with E-state index in [4.69, 9.17) is 5.10 Å². The van der Waals surface area contributed by atoms with Crippen molar-refractivity contribution in [2.24, 2.45) is 0 Å². The number of aryl methyl sites for hydroxylation is 2. The number of nitrogens with zero attached hydrogens (tertiary/aromatic N) is 5. The Morgan fingerprint density at radius 1 is 0.929 bits per heavy atom. The second-order valence-electron chi connectivity index (χ2n) is 7.26. The fourth-order valence-corrected chi connectivity index (χ4v) is 3.81. The van der Waals surface area contributed by atoms with Crippen molar-refractivity contribution in [2.45, 2.75) is 20.8 Å². The molecular weight excluding hydrogens is 350 g/mol. The molecule has 2 aromatic heterocycles. The first-order valence-corrected chi connectivity index (χ1v) is 9.63. The number of rotatable bonds is 3. The fourth-order valence-electron chi connectivity index (χ4n) is 3.81. The molecule has 28 heavy (non-hydrogen) atoms. The van der Waals surface area contributed by atoms with Gasteiger partial charge in [-0.2, -0.15) is 5.10 Å². The molecule has 1 saturated heterocycles. The molecule has 1 fully saturated rings. The summed E-state index contributed by atoms with van der Waals surface area (Å²) in [5, 5.41) is 4.70. The van der Waals surface area contributed by atoms with Crippen LogP contribution in [0, 0.1) is 20.8 Å². The van der Waals surface area contributed by atoms with Crippen LogP contribution in [0.2, 0.25) is 0 Å². The van der Waals surface area contributed by atoms with Gasteiger partial charge >= 0.3 is 0 Å². The van der Waals surface area contributed by atoms with Gasteiger partial charge in [0, 0.05) is 37.9 Å². The van der Waals surface area contributed by atoms with Crippen LogP contribution in [-0.4, -0.2) is 51.8 Å². The highest BCUT2D eigenvalue weighted by atomic mass is 16.2. The quantitative estimate of drug-likeness (QED) is 0.706. The van der Waals surface area contributed by atoms with Crippen molar-refractivity contribution in [3.8, 4) is 5.82 Å². The summed E-state index contributed by atoms with van der Waals surface area (Å²) >= 11 is 0. The van der Waals surface area contributed by atoms with Crippen LogP contribution in [0.1, 0.15) is 27.3 Å². The molecule has 1 amide bonds. The smallest absolute Gasteiger partial charge is 0.253 e. The van der Waals surface area contributed by atoms with Gasteiger partial charge in [-0.3, -0.25) is 4.79 Å². The summed E-state index contributed by atoms with van der Waals surface area (Å²) in [5.74, 6) is 0.930. The molecule has 3 aromatic rings. The van der Waals surface area contributed by atoms with E-state index >= 15 is 0 Å². The first-order valence-electron chi connectivity index (χ1n) is 9.63. The van der Waals surface area contributed by atoms with Crippen LogP contribution in [-0.2, 0) is 0 Å². The maximum atomic E-state index is 12.8. The van der Waals surface area contributed by atoms with Gasteiger partial charge in [0.05, 0.1) is 17.1 Å². The summed E-state index contributed by atoms with van der Waals surface area (Å²) in [6.45, 7) is 9.16. The molecule has 1 aliphatic rings. The topological polar surface area (TPSA) is 54.3 Å². The second-order valence-corrected chi connectivity index (χ2v) is 7.26. The van der Waals surface area contributed by atoms with Crippen molar-refractivity contribution in [3.63, 3.8) is 0 Å². The summed E-state index contributed by atoms with van der Waals surface area (Å²) in [7, 11) is 0. The van der Waals surface area contributed by atoms with E-state index in [1.165, 1.54) is 0 Å². The molecule has 6 heteroatoms. The van der Waals surface area contributed by atoms with E-state index in [1.807, 2.05) is 65.9 Å².